The molecule has 0 bridgehead atoms. The molecule has 1 saturated heterocycles. The summed E-state index contributed by atoms with van der Waals surface area (Å²) in [6, 6.07) is 10.1. The molecule has 2 aromatic heterocycles. The zero-order chi connectivity index (χ0) is 19.7. The Hall–Kier alpha value is -2.64. The van der Waals surface area contributed by atoms with E-state index < -0.39 is 0 Å². The molecule has 6 nitrogen and oxygen atoms in total. The third-order valence-electron chi connectivity index (χ3n) is 4.91. The minimum atomic E-state index is -0.303. The van der Waals surface area contributed by atoms with E-state index in [9.17, 15) is 9.18 Å². The lowest BCUT2D eigenvalue weighted by Gasteiger charge is -2.34. The molecule has 0 atom stereocenters. The quantitative estimate of drug-likeness (QED) is 0.722. The van der Waals surface area contributed by atoms with Crippen LogP contribution in [0.4, 0.5) is 4.39 Å². The van der Waals surface area contributed by atoms with Crippen molar-refractivity contribution in [3.05, 3.63) is 64.3 Å². The van der Waals surface area contributed by atoms with Crippen LogP contribution in [0.5, 0.6) is 0 Å². The van der Waals surface area contributed by atoms with E-state index in [1.165, 1.54) is 6.07 Å². The SMILES string of the molecule is Cc1ccc(-c2cc(C(=O)N3CCN(Cc4c(F)cccc4Cl)CC3)n[nH]2)o1. The summed E-state index contributed by atoms with van der Waals surface area (Å²) in [4.78, 5) is 16.6. The van der Waals surface area contributed by atoms with Crippen molar-refractivity contribution in [3.8, 4) is 11.5 Å². The van der Waals surface area contributed by atoms with Crippen LogP contribution in [0, 0.1) is 12.7 Å². The Labute approximate surface area is 166 Å². The lowest BCUT2D eigenvalue weighted by molar-refractivity contribution is 0.0621. The van der Waals surface area contributed by atoms with Crippen LogP contribution in [0.15, 0.2) is 40.8 Å². The Bertz CT molecular complexity index is 972. The maximum absolute atomic E-state index is 14.0. The van der Waals surface area contributed by atoms with Gasteiger partial charge in [-0.25, -0.2) is 4.39 Å². The number of furan rings is 1. The normalized spacial score (nSPS) is 15.2. The van der Waals surface area contributed by atoms with Gasteiger partial charge in [0.05, 0.1) is 0 Å². The number of aromatic amines is 1. The number of amides is 1. The summed E-state index contributed by atoms with van der Waals surface area (Å²) < 4.78 is 19.5. The van der Waals surface area contributed by atoms with Gasteiger partial charge in [0.15, 0.2) is 11.5 Å². The molecule has 28 heavy (non-hydrogen) atoms. The largest absolute Gasteiger partial charge is 0.460 e. The van der Waals surface area contributed by atoms with Gasteiger partial charge in [0.25, 0.3) is 5.91 Å². The number of rotatable bonds is 4. The number of aromatic nitrogens is 2. The van der Waals surface area contributed by atoms with E-state index >= 15 is 0 Å². The Kier molecular flexibility index (Phi) is 5.19. The zero-order valence-electron chi connectivity index (χ0n) is 15.4. The zero-order valence-corrected chi connectivity index (χ0v) is 16.2. The predicted octanol–water partition coefficient (Wildman–Crippen LogP) is 3.73. The van der Waals surface area contributed by atoms with E-state index in [-0.39, 0.29) is 11.7 Å². The van der Waals surface area contributed by atoms with E-state index in [0.717, 1.165) is 5.76 Å². The number of piperazine rings is 1. The molecule has 0 radical (unpaired) electrons. The fourth-order valence-corrected chi connectivity index (χ4v) is 3.54. The fourth-order valence-electron chi connectivity index (χ4n) is 3.31. The Balaban J connectivity index is 1.37. The molecular formula is C20H20ClFN4O2. The standard InChI is InChI=1S/C20H20ClFN4O2/c1-13-5-6-19(28-13)17-11-18(24-23-17)20(27)26-9-7-25(8-10-26)12-14-15(21)3-2-4-16(14)22/h2-6,11H,7-10,12H2,1H3,(H,23,24). The first-order valence-electron chi connectivity index (χ1n) is 9.08. The van der Waals surface area contributed by atoms with Gasteiger partial charge >= 0.3 is 0 Å². The van der Waals surface area contributed by atoms with Crippen LogP contribution >= 0.6 is 11.6 Å². The van der Waals surface area contributed by atoms with Gasteiger partial charge in [-0.2, -0.15) is 5.10 Å². The van der Waals surface area contributed by atoms with E-state index in [0.29, 0.717) is 60.5 Å². The van der Waals surface area contributed by atoms with Crippen molar-refractivity contribution in [2.45, 2.75) is 13.5 Å². The molecule has 1 N–H and O–H groups in total. The molecule has 1 amide bonds. The topological polar surface area (TPSA) is 65.4 Å². The van der Waals surface area contributed by atoms with Gasteiger partial charge in [0, 0.05) is 49.4 Å². The summed E-state index contributed by atoms with van der Waals surface area (Å²) >= 11 is 6.11. The van der Waals surface area contributed by atoms with Crippen molar-refractivity contribution < 1.29 is 13.6 Å². The minimum Gasteiger partial charge on any atom is -0.460 e. The van der Waals surface area contributed by atoms with Gasteiger partial charge in [0.1, 0.15) is 17.3 Å². The molecular weight excluding hydrogens is 383 g/mol. The highest BCUT2D eigenvalue weighted by atomic mass is 35.5. The van der Waals surface area contributed by atoms with Crippen LogP contribution in [0.1, 0.15) is 21.8 Å². The summed E-state index contributed by atoms with van der Waals surface area (Å²) in [6.07, 6.45) is 0. The number of hydrogen-bond donors (Lipinski definition) is 1. The van der Waals surface area contributed by atoms with Gasteiger partial charge in [-0.15, -0.1) is 0 Å². The van der Waals surface area contributed by atoms with Crippen molar-refractivity contribution in [2.75, 3.05) is 26.2 Å². The van der Waals surface area contributed by atoms with Crippen molar-refractivity contribution in [2.24, 2.45) is 0 Å². The predicted molar refractivity (Wildman–Crippen MR) is 104 cm³/mol. The number of halogens is 2. The summed E-state index contributed by atoms with van der Waals surface area (Å²) in [5.74, 6) is 1.01. The summed E-state index contributed by atoms with van der Waals surface area (Å²) in [5.41, 5.74) is 1.52. The van der Waals surface area contributed by atoms with Crippen LogP contribution in [-0.4, -0.2) is 52.1 Å². The number of carbonyl (C=O) groups is 1. The second-order valence-electron chi connectivity index (χ2n) is 6.85. The van der Waals surface area contributed by atoms with Crippen LogP contribution in [0.25, 0.3) is 11.5 Å². The molecule has 0 unspecified atom stereocenters. The van der Waals surface area contributed by atoms with E-state index in [1.54, 1.807) is 23.1 Å². The van der Waals surface area contributed by atoms with Crippen molar-refractivity contribution in [1.82, 2.24) is 20.0 Å². The summed E-state index contributed by atoms with van der Waals surface area (Å²) in [5, 5.41) is 7.41. The number of aryl methyl sites for hydroxylation is 1. The Morgan fingerprint density at radius 3 is 2.71 bits per heavy atom. The maximum atomic E-state index is 14.0. The minimum absolute atomic E-state index is 0.130. The van der Waals surface area contributed by atoms with Crippen molar-refractivity contribution in [1.29, 1.82) is 0 Å². The monoisotopic (exact) mass is 402 g/mol. The van der Waals surface area contributed by atoms with Crippen LogP contribution < -0.4 is 0 Å². The lowest BCUT2D eigenvalue weighted by Crippen LogP contribution is -2.48. The van der Waals surface area contributed by atoms with Crippen molar-refractivity contribution >= 4 is 17.5 Å². The van der Waals surface area contributed by atoms with Gasteiger partial charge in [0.2, 0.25) is 0 Å². The number of benzene rings is 1. The van der Waals surface area contributed by atoms with Crippen LogP contribution in [0.2, 0.25) is 5.02 Å². The average Bonchev–Trinajstić information content (AvgIpc) is 3.34. The second-order valence-corrected chi connectivity index (χ2v) is 7.25. The molecule has 0 spiro atoms. The molecule has 1 fully saturated rings. The fraction of sp³-hybridized carbons (Fsp3) is 0.300. The Morgan fingerprint density at radius 2 is 2.04 bits per heavy atom. The molecule has 1 aliphatic heterocycles. The van der Waals surface area contributed by atoms with E-state index in [1.807, 2.05) is 19.1 Å². The third-order valence-corrected chi connectivity index (χ3v) is 5.26. The summed E-state index contributed by atoms with van der Waals surface area (Å²) in [6.45, 7) is 4.67. The van der Waals surface area contributed by atoms with Gasteiger partial charge < -0.3 is 9.32 Å². The smallest absolute Gasteiger partial charge is 0.274 e. The first-order valence-corrected chi connectivity index (χ1v) is 9.46. The highest BCUT2D eigenvalue weighted by molar-refractivity contribution is 6.31. The molecule has 1 aromatic carbocycles. The van der Waals surface area contributed by atoms with Crippen LogP contribution in [0.3, 0.4) is 0 Å². The molecule has 1 aliphatic rings. The van der Waals surface area contributed by atoms with E-state index in [2.05, 4.69) is 15.1 Å². The van der Waals surface area contributed by atoms with E-state index in [4.69, 9.17) is 16.0 Å². The summed E-state index contributed by atoms with van der Waals surface area (Å²) in [7, 11) is 0. The number of hydrogen-bond acceptors (Lipinski definition) is 4. The number of H-pyrrole nitrogens is 1. The average molecular weight is 403 g/mol. The van der Waals surface area contributed by atoms with Crippen molar-refractivity contribution in [3.63, 3.8) is 0 Å². The molecule has 3 heterocycles. The molecule has 146 valence electrons. The number of carbonyl (C=O) groups excluding carboxylic acids is 1. The lowest BCUT2D eigenvalue weighted by atomic mass is 10.1. The second kappa shape index (κ2) is 7.77. The molecule has 3 aromatic rings. The first-order chi connectivity index (χ1) is 13.5. The maximum Gasteiger partial charge on any atom is 0.274 e. The molecule has 0 saturated carbocycles. The molecule has 4 rings (SSSR count). The number of nitrogens with zero attached hydrogens (tertiary/aromatic N) is 3. The van der Waals surface area contributed by atoms with Gasteiger partial charge in [-0.1, -0.05) is 17.7 Å². The first kappa shape index (κ1) is 18.7. The molecule has 8 heteroatoms. The third kappa shape index (κ3) is 3.81. The van der Waals surface area contributed by atoms with Gasteiger partial charge in [-0.05, 0) is 31.2 Å². The number of nitrogens with one attached hydrogen (secondary N) is 1. The highest BCUT2D eigenvalue weighted by Crippen LogP contribution is 2.23. The molecule has 0 aliphatic carbocycles. The highest BCUT2D eigenvalue weighted by Gasteiger charge is 2.25. The van der Waals surface area contributed by atoms with Crippen LogP contribution in [-0.2, 0) is 6.54 Å². The Morgan fingerprint density at radius 1 is 1.25 bits per heavy atom. The van der Waals surface area contributed by atoms with Gasteiger partial charge in [-0.3, -0.25) is 14.8 Å².